The number of benzene rings is 2. The fraction of sp³-hybridized carbons (Fsp3) is 0.250. The summed E-state index contributed by atoms with van der Waals surface area (Å²) in [6.07, 6.45) is 0. The van der Waals surface area contributed by atoms with Gasteiger partial charge in [-0.1, -0.05) is 60.7 Å². The van der Waals surface area contributed by atoms with Crippen LogP contribution in [0.25, 0.3) is 0 Å². The van der Waals surface area contributed by atoms with Gasteiger partial charge >= 0.3 is 0 Å². The molecule has 5 heteroatoms. The SMILES string of the molecule is CN(C)S(=O)(=O)N(Cc1ccccc1)Cc1ccccc1. The first-order valence-electron chi connectivity index (χ1n) is 6.75. The first-order chi connectivity index (χ1) is 10.00. The van der Waals surface area contributed by atoms with Gasteiger partial charge < -0.3 is 0 Å². The third-order valence-electron chi connectivity index (χ3n) is 3.19. The molecule has 0 spiro atoms. The summed E-state index contributed by atoms with van der Waals surface area (Å²) in [6, 6.07) is 19.2. The molecule has 2 rings (SSSR count). The van der Waals surface area contributed by atoms with E-state index in [1.165, 1.54) is 8.61 Å². The minimum Gasteiger partial charge on any atom is -0.195 e. The molecule has 4 nitrogen and oxygen atoms in total. The van der Waals surface area contributed by atoms with Gasteiger partial charge in [0, 0.05) is 27.2 Å². The first kappa shape index (κ1) is 15.7. The van der Waals surface area contributed by atoms with Crippen molar-refractivity contribution in [1.82, 2.24) is 8.61 Å². The summed E-state index contributed by atoms with van der Waals surface area (Å²) < 4.78 is 27.7. The quantitative estimate of drug-likeness (QED) is 0.822. The second-order valence-corrected chi connectivity index (χ2v) is 7.17. The van der Waals surface area contributed by atoms with E-state index in [2.05, 4.69) is 0 Å². The summed E-state index contributed by atoms with van der Waals surface area (Å²) in [5.74, 6) is 0. The zero-order valence-corrected chi connectivity index (χ0v) is 13.1. The summed E-state index contributed by atoms with van der Waals surface area (Å²) in [4.78, 5) is 0. The number of hydrogen-bond acceptors (Lipinski definition) is 2. The van der Waals surface area contributed by atoms with Gasteiger partial charge in [-0.2, -0.15) is 17.0 Å². The van der Waals surface area contributed by atoms with Gasteiger partial charge in [-0.25, -0.2) is 0 Å². The minimum atomic E-state index is -3.47. The summed E-state index contributed by atoms with van der Waals surface area (Å²) in [5, 5.41) is 0. The number of hydrogen-bond donors (Lipinski definition) is 0. The van der Waals surface area contributed by atoms with Crippen molar-refractivity contribution >= 4 is 10.2 Å². The predicted molar refractivity (Wildman–Crippen MR) is 84.7 cm³/mol. The van der Waals surface area contributed by atoms with Gasteiger partial charge in [0.05, 0.1) is 0 Å². The molecular formula is C16H20N2O2S. The monoisotopic (exact) mass is 304 g/mol. The lowest BCUT2D eigenvalue weighted by molar-refractivity contribution is 0.365. The summed E-state index contributed by atoms with van der Waals surface area (Å²) >= 11 is 0. The Labute approximate surface area is 126 Å². The van der Waals surface area contributed by atoms with Crippen molar-refractivity contribution in [3.63, 3.8) is 0 Å². The maximum atomic E-state index is 12.5. The molecule has 0 aliphatic rings. The Morgan fingerprint density at radius 3 is 1.48 bits per heavy atom. The van der Waals surface area contributed by atoms with Crippen molar-refractivity contribution in [2.24, 2.45) is 0 Å². The van der Waals surface area contributed by atoms with E-state index in [1.54, 1.807) is 14.1 Å². The van der Waals surface area contributed by atoms with Gasteiger partial charge in [0.15, 0.2) is 0 Å². The molecule has 0 saturated carbocycles. The fourth-order valence-corrected chi connectivity index (χ4v) is 3.11. The zero-order chi connectivity index (χ0) is 15.3. The zero-order valence-electron chi connectivity index (χ0n) is 12.3. The van der Waals surface area contributed by atoms with Crippen LogP contribution >= 0.6 is 0 Å². The number of rotatable bonds is 6. The lowest BCUT2D eigenvalue weighted by Crippen LogP contribution is -2.39. The molecule has 0 atom stereocenters. The molecule has 0 N–H and O–H groups in total. The molecule has 0 bridgehead atoms. The van der Waals surface area contributed by atoms with Crippen molar-refractivity contribution in [1.29, 1.82) is 0 Å². The van der Waals surface area contributed by atoms with Crippen LogP contribution in [0, 0.1) is 0 Å². The molecule has 0 aliphatic carbocycles. The van der Waals surface area contributed by atoms with Crippen LogP contribution in [0.3, 0.4) is 0 Å². The van der Waals surface area contributed by atoms with Gasteiger partial charge in [-0.3, -0.25) is 0 Å². The Balaban J connectivity index is 2.27. The molecule has 2 aromatic rings. The second-order valence-electron chi connectivity index (χ2n) is 5.03. The third kappa shape index (κ3) is 4.14. The van der Waals surface area contributed by atoms with Crippen LogP contribution in [-0.4, -0.2) is 31.1 Å². The van der Waals surface area contributed by atoms with E-state index in [1.807, 2.05) is 60.7 Å². The van der Waals surface area contributed by atoms with Crippen LogP contribution < -0.4 is 0 Å². The predicted octanol–water partition coefficient (Wildman–Crippen LogP) is 2.50. The highest BCUT2D eigenvalue weighted by atomic mass is 32.2. The molecule has 21 heavy (non-hydrogen) atoms. The minimum absolute atomic E-state index is 0.357. The molecule has 0 unspecified atom stereocenters. The van der Waals surface area contributed by atoms with Crippen LogP contribution in [0.2, 0.25) is 0 Å². The van der Waals surface area contributed by atoms with E-state index in [4.69, 9.17) is 0 Å². The van der Waals surface area contributed by atoms with Gasteiger partial charge in [0.2, 0.25) is 0 Å². The van der Waals surface area contributed by atoms with Gasteiger partial charge in [0.1, 0.15) is 0 Å². The van der Waals surface area contributed by atoms with E-state index in [0.717, 1.165) is 11.1 Å². The molecule has 0 amide bonds. The van der Waals surface area contributed by atoms with Crippen LogP contribution in [0.15, 0.2) is 60.7 Å². The Bertz CT molecular complexity index is 614. The largest absolute Gasteiger partial charge is 0.282 e. The maximum Gasteiger partial charge on any atom is 0.282 e. The van der Waals surface area contributed by atoms with E-state index in [0.29, 0.717) is 13.1 Å². The topological polar surface area (TPSA) is 40.6 Å². The first-order valence-corrected chi connectivity index (χ1v) is 8.15. The Morgan fingerprint density at radius 2 is 1.14 bits per heavy atom. The van der Waals surface area contributed by atoms with Crippen LogP contribution in [-0.2, 0) is 23.3 Å². The van der Waals surface area contributed by atoms with E-state index >= 15 is 0 Å². The third-order valence-corrected chi connectivity index (χ3v) is 5.02. The normalized spacial score (nSPS) is 12.0. The summed E-state index contributed by atoms with van der Waals surface area (Å²) in [7, 11) is -0.361. The maximum absolute atomic E-state index is 12.5. The molecule has 0 aromatic heterocycles. The second kappa shape index (κ2) is 6.85. The van der Waals surface area contributed by atoms with Crippen LogP contribution in [0.4, 0.5) is 0 Å². The Kier molecular flexibility index (Phi) is 5.12. The van der Waals surface area contributed by atoms with Crippen molar-refractivity contribution in [2.45, 2.75) is 13.1 Å². The van der Waals surface area contributed by atoms with Gasteiger partial charge in [-0.05, 0) is 11.1 Å². The van der Waals surface area contributed by atoms with Gasteiger partial charge in [0.25, 0.3) is 10.2 Å². The average molecular weight is 304 g/mol. The lowest BCUT2D eigenvalue weighted by Gasteiger charge is -2.25. The highest BCUT2D eigenvalue weighted by Gasteiger charge is 2.24. The molecular weight excluding hydrogens is 284 g/mol. The fourth-order valence-electron chi connectivity index (χ4n) is 2.02. The molecule has 0 aliphatic heterocycles. The van der Waals surface area contributed by atoms with Crippen LogP contribution in [0.1, 0.15) is 11.1 Å². The lowest BCUT2D eigenvalue weighted by atomic mass is 10.2. The molecule has 0 radical (unpaired) electrons. The summed E-state index contributed by atoms with van der Waals surface area (Å²) in [5.41, 5.74) is 1.94. The average Bonchev–Trinajstić information content (AvgIpc) is 2.48. The Hall–Kier alpha value is -1.69. The highest BCUT2D eigenvalue weighted by Crippen LogP contribution is 2.15. The molecule has 2 aromatic carbocycles. The van der Waals surface area contributed by atoms with Crippen LogP contribution in [0.5, 0.6) is 0 Å². The van der Waals surface area contributed by atoms with Crippen molar-refractivity contribution in [3.05, 3.63) is 71.8 Å². The smallest absolute Gasteiger partial charge is 0.195 e. The molecule has 0 fully saturated rings. The molecule has 0 heterocycles. The van der Waals surface area contributed by atoms with E-state index in [-0.39, 0.29) is 0 Å². The molecule has 112 valence electrons. The van der Waals surface area contributed by atoms with Crippen molar-refractivity contribution in [3.8, 4) is 0 Å². The number of nitrogens with zero attached hydrogens (tertiary/aromatic N) is 2. The van der Waals surface area contributed by atoms with Crippen molar-refractivity contribution < 1.29 is 8.42 Å². The van der Waals surface area contributed by atoms with Gasteiger partial charge in [-0.15, -0.1) is 0 Å². The summed E-state index contributed by atoms with van der Waals surface area (Å²) in [6.45, 7) is 0.715. The van der Waals surface area contributed by atoms with E-state index in [9.17, 15) is 8.42 Å². The van der Waals surface area contributed by atoms with Crippen molar-refractivity contribution in [2.75, 3.05) is 14.1 Å². The highest BCUT2D eigenvalue weighted by molar-refractivity contribution is 7.86. The Morgan fingerprint density at radius 1 is 0.762 bits per heavy atom. The standard InChI is InChI=1S/C16H20N2O2S/c1-17(2)21(19,20)18(13-15-9-5-3-6-10-15)14-16-11-7-4-8-12-16/h3-12H,13-14H2,1-2H3. The van der Waals surface area contributed by atoms with E-state index < -0.39 is 10.2 Å². The molecule has 0 saturated heterocycles.